The topological polar surface area (TPSA) is 67.8 Å². The Hall–Kier alpha value is -1.75. The van der Waals surface area contributed by atoms with E-state index in [1.54, 1.807) is 12.1 Å². The molecule has 1 aromatic carbocycles. The number of aromatic hydroxyl groups is 1. The standard InChI is InChI=1S/C13H19NO4/c1-9(14-7-6-13(16)18-3)10-4-5-11(15)12(8-10)17-2/h4-5,8-9,14-15H,6-7H2,1-3H3. The second-order valence-electron chi connectivity index (χ2n) is 3.93. The number of hydrogen-bond donors (Lipinski definition) is 2. The Kier molecular flexibility index (Phi) is 5.45. The molecule has 1 aromatic rings. The van der Waals surface area contributed by atoms with Crippen molar-refractivity contribution in [2.24, 2.45) is 0 Å². The van der Waals surface area contributed by atoms with Gasteiger partial charge in [0.2, 0.25) is 0 Å². The van der Waals surface area contributed by atoms with E-state index in [0.29, 0.717) is 18.7 Å². The molecule has 0 heterocycles. The fraction of sp³-hybridized carbons (Fsp3) is 0.462. The van der Waals surface area contributed by atoms with Gasteiger partial charge in [-0.15, -0.1) is 0 Å². The first-order chi connectivity index (χ1) is 8.58. The molecule has 0 aromatic heterocycles. The highest BCUT2D eigenvalue weighted by molar-refractivity contribution is 5.69. The van der Waals surface area contributed by atoms with Crippen molar-refractivity contribution >= 4 is 5.97 Å². The number of methoxy groups -OCH3 is 2. The molecule has 0 aliphatic heterocycles. The van der Waals surface area contributed by atoms with Gasteiger partial charge in [-0.2, -0.15) is 0 Å². The number of phenolic OH excluding ortho intramolecular Hbond substituents is 1. The van der Waals surface area contributed by atoms with Crippen LogP contribution in [0.4, 0.5) is 0 Å². The van der Waals surface area contributed by atoms with Gasteiger partial charge in [-0.3, -0.25) is 4.79 Å². The van der Waals surface area contributed by atoms with Crippen molar-refractivity contribution in [3.8, 4) is 11.5 Å². The molecule has 0 amide bonds. The average Bonchev–Trinajstić information content (AvgIpc) is 2.38. The normalized spacial score (nSPS) is 11.9. The summed E-state index contributed by atoms with van der Waals surface area (Å²) in [5, 5.41) is 12.7. The van der Waals surface area contributed by atoms with E-state index in [0.717, 1.165) is 5.56 Å². The molecule has 0 aliphatic rings. The molecule has 0 saturated heterocycles. The van der Waals surface area contributed by atoms with E-state index in [2.05, 4.69) is 10.1 Å². The van der Waals surface area contributed by atoms with Crippen LogP contribution < -0.4 is 10.1 Å². The summed E-state index contributed by atoms with van der Waals surface area (Å²) in [5.74, 6) is 0.315. The molecule has 0 spiro atoms. The van der Waals surface area contributed by atoms with Crippen LogP contribution in [0, 0.1) is 0 Å². The van der Waals surface area contributed by atoms with Gasteiger partial charge in [0.1, 0.15) is 0 Å². The summed E-state index contributed by atoms with van der Waals surface area (Å²) < 4.78 is 9.60. The maximum atomic E-state index is 11.0. The minimum absolute atomic E-state index is 0.0594. The predicted octanol–water partition coefficient (Wildman–Crippen LogP) is 1.61. The summed E-state index contributed by atoms with van der Waals surface area (Å²) in [6, 6.07) is 5.23. The molecule has 2 N–H and O–H groups in total. The second kappa shape index (κ2) is 6.86. The molecular weight excluding hydrogens is 234 g/mol. The fourth-order valence-electron chi connectivity index (χ4n) is 1.57. The zero-order valence-electron chi connectivity index (χ0n) is 10.9. The van der Waals surface area contributed by atoms with Gasteiger partial charge < -0.3 is 19.9 Å². The van der Waals surface area contributed by atoms with Gasteiger partial charge in [-0.1, -0.05) is 6.07 Å². The smallest absolute Gasteiger partial charge is 0.306 e. The van der Waals surface area contributed by atoms with Gasteiger partial charge in [-0.05, 0) is 24.6 Å². The number of phenols is 1. The first-order valence-corrected chi connectivity index (χ1v) is 5.75. The molecule has 5 nitrogen and oxygen atoms in total. The van der Waals surface area contributed by atoms with Crippen LogP contribution in [0.25, 0.3) is 0 Å². The highest BCUT2D eigenvalue weighted by Gasteiger charge is 2.09. The van der Waals surface area contributed by atoms with Gasteiger partial charge in [0.05, 0.1) is 20.6 Å². The van der Waals surface area contributed by atoms with Crippen LogP contribution in [0.3, 0.4) is 0 Å². The lowest BCUT2D eigenvalue weighted by Gasteiger charge is -2.15. The maximum Gasteiger partial charge on any atom is 0.306 e. The molecular formula is C13H19NO4. The first kappa shape index (κ1) is 14.3. The van der Waals surface area contributed by atoms with E-state index >= 15 is 0 Å². The van der Waals surface area contributed by atoms with Crippen LogP contribution in [0.15, 0.2) is 18.2 Å². The maximum absolute atomic E-state index is 11.0. The third-order valence-corrected chi connectivity index (χ3v) is 2.71. The molecule has 18 heavy (non-hydrogen) atoms. The van der Waals surface area contributed by atoms with Crippen LogP contribution in [0.1, 0.15) is 24.9 Å². The van der Waals surface area contributed by atoms with E-state index in [1.165, 1.54) is 14.2 Å². The number of rotatable bonds is 6. The summed E-state index contributed by atoms with van der Waals surface area (Å²) in [4.78, 5) is 11.0. The van der Waals surface area contributed by atoms with Gasteiger partial charge in [0.15, 0.2) is 11.5 Å². The SMILES string of the molecule is COC(=O)CCNC(C)c1ccc(O)c(OC)c1. The van der Waals surface area contributed by atoms with E-state index in [1.807, 2.05) is 13.0 Å². The Bertz CT molecular complexity index is 406. The number of ether oxygens (including phenoxy) is 2. The number of esters is 1. The number of carbonyl (C=O) groups excluding carboxylic acids is 1. The van der Waals surface area contributed by atoms with Crippen LogP contribution in [-0.2, 0) is 9.53 Å². The lowest BCUT2D eigenvalue weighted by Crippen LogP contribution is -2.22. The minimum Gasteiger partial charge on any atom is -0.504 e. The third kappa shape index (κ3) is 3.92. The third-order valence-electron chi connectivity index (χ3n) is 2.71. The Morgan fingerprint density at radius 3 is 2.78 bits per heavy atom. The van der Waals surface area contributed by atoms with Crippen molar-refractivity contribution in [1.82, 2.24) is 5.32 Å². The lowest BCUT2D eigenvalue weighted by atomic mass is 10.1. The van der Waals surface area contributed by atoms with Crippen LogP contribution in [-0.4, -0.2) is 31.8 Å². The molecule has 0 aliphatic carbocycles. The highest BCUT2D eigenvalue weighted by atomic mass is 16.5. The largest absolute Gasteiger partial charge is 0.504 e. The Morgan fingerprint density at radius 2 is 2.17 bits per heavy atom. The second-order valence-corrected chi connectivity index (χ2v) is 3.93. The quantitative estimate of drug-likeness (QED) is 0.754. The highest BCUT2D eigenvalue weighted by Crippen LogP contribution is 2.28. The van der Waals surface area contributed by atoms with E-state index < -0.39 is 0 Å². The number of hydrogen-bond acceptors (Lipinski definition) is 5. The van der Waals surface area contributed by atoms with E-state index in [4.69, 9.17) is 4.74 Å². The average molecular weight is 253 g/mol. The molecule has 1 atom stereocenters. The summed E-state index contributed by atoms with van der Waals surface area (Å²) in [6.45, 7) is 2.51. The monoisotopic (exact) mass is 253 g/mol. The van der Waals surface area contributed by atoms with E-state index in [-0.39, 0.29) is 17.8 Å². The van der Waals surface area contributed by atoms with E-state index in [9.17, 15) is 9.90 Å². The van der Waals surface area contributed by atoms with Crippen molar-refractivity contribution in [2.75, 3.05) is 20.8 Å². The minimum atomic E-state index is -0.238. The number of benzene rings is 1. The fourth-order valence-corrected chi connectivity index (χ4v) is 1.57. The predicted molar refractivity (Wildman–Crippen MR) is 67.7 cm³/mol. The number of carbonyl (C=O) groups is 1. The Labute approximate surface area is 107 Å². The van der Waals surface area contributed by atoms with Crippen molar-refractivity contribution < 1.29 is 19.4 Å². The van der Waals surface area contributed by atoms with Crippen molar-refractivity contribution in [3.05, 3.63) is 23.8 Å². The lowest BCUT2D eigenvalue weighted by molar-refractivity contribution is -0.140. The van der Waals surface area contributed by atoms with Crippen LogP contribution in [0.2, 0.25) is 0 Å². The number of nitrogens with one attached hydrogen (secondary N) is 1. The molecule has 0 saturated carbocycles. The summed E-state index contributed by atoms with van der Waals surface area (Å²) >= 11 is 0. The first-order valence-electron chi connectivity index (χ1n) is 5.75. The van der Waals surface area contributed by atoms with Crippen LogP contribution >= 0.6 is 0 Å². The van der Waals surface area contributed by atoms with Gasteiger partial charge in [-0.25, -0.2) is 0 Å². The zero-order valence-corrected chi connectivity index (χ0v) is 10.9. The molecule has 0 fully saturated rings. The van der Waals surface area contributed by atoms with Gasteiger partial charge in [0, 0.05) is 12.6 Å². The van der Waals surface area contributed by atoms with Crippen molar-refractivity contribution in [1.29, 1.82) is 0 Å². The molecule has 1 unspecified atom stereocenters. The molecule has 0 bridgehead atoms. The Balaban J connectivity index is 2.56. The molecule has 100 valence electrons. The molecule has 5 heteroatoms. The van der Waals surface area contributed by atoms with Gasteiger partial charge >= 0.3 is 5.97 Å². The summed E-state index contributed by atoms with van der Waals surface area (Å²) in [6.07, 6.45) is 0.329. The van der Waals surface area contributed by atoms with Gasteiger partial charge in [0.25, 0.3) is 0 Å². The Morgan fingerprint density at radius 1 is 1.44 bits per heavy atom. The molecule has 0 radical (unpaired) electrons. The summed E-state index contributed by atoms with van der Waals surface area (Å²) in [7, 11) is 2.88. The summed E-state index contributed by atoms with van der Waals surface area (Å²) in [5.41, 5.74) is 0.981. The zero-order chi connectivity index (χ0) is 13.5. The van der Waals surface area contributed by atoms with Crippen LogP contribution in [0.5, 0.6) is 11.5 Å². The van der Waals surface area contributed by atoms with Crippen molar-refractivity contribution in [2.45, 2.75) is 19.4 Å². The molecule has 1 rings (SSSR count). The van der Waals surface area contributed by atoms with Crippen molar-refractivity contribution in [3.63, 3.8) is 0 Å².